The van der Waals surface area contributed by atoms with Gasteiger partial charge in [0.1, 0.15) is 5.82 Å². The monoisotopic (exact) mass is 421 g/mol. The lowest BCUT2D eigenvalue weighted by Gasteiger charge is -2.11. The lowest BCUT2D eigenvalue weighted by Crippen LogP contribution is -2.33. The smallest absolute Gasteiger partial charge is 0.250 e. The van der Waals surface area contributed by atoms with Gasteiger partial charge in [0.25, 0.3) is 0 Å². The number of carbonyl (C=O) groups is 1. The van der Waals surface area contributed by atoms with Crippen LogP contribution in [-0.2, 0) is 14.8 Å². The summed E-state index contributed by atoms with van der Waals surface area (Å²) in [7, 11) is -3.57. The summed E-state index contributed by atoms with van der Waals surface area (Å²) in [5.74, 6) is -0.812. The Morgan fingerprint density at radius 3 is 2.25 bits per heavy atom. The van der Waals surface area contributed by atoms with E-state index in [0.29, 0.717) is 11.3 Å². The first-order chi connectivity index (χ1) is 13.2. The van der Waals surface area contributed by atoms with Crippen LogP contribution in [0.5, 0.6) is 0 Å². The molecule has 0 unspecified atom stereocenters. The van der Waals surface area contributed by atoms with E-state index in [0.717, 1.165) is 0 Å². The molecule has 0 saturated carbocycles. The van der Waals surface area contributed by atoms with Crippen LogP contribution in [0.2, 0.25) is 0 Å². The predicted molar refractivity (Wildman–Crippen MR) is 112 cm³/mol. The summed E-state index contributed by atoms with van der Waals surface area (Å²) < 4.78 is 39.5. The van der Waals surface area contributed by atoms with E-state index in [-0.39, 0.29) is 21.9 Å². The molecule has 0 aliphatic heterocycles. The van der Waals surface area contributed by atoms with Gasteiger partial charge in [0.05, 0.1) is 4.90 Å². The van der Waals surface area contributed by atoms with Crippen molar-refractivity contribution in [1.82, 2.24) is 10.0 Å². The number of sulfonamides is 1. The van der Waals surface area contributed by atoms with Crippen molar-refractivity contribution < 1.29 is 17.6 Å². The van der Waals surface area contributed by atoms with Crippen LogP contribution in [0.25, 0.3) is 6.08 Å². The summed E-state index contributed by atoms with van der Waals surface area (Å²) in [6.45, 7) is 3.47. The lowest BCUT2D eigenvalue weighted by atomic mass is 10.2. The molecule has 28 heavy (non-hydrogen) atoms. The van der Waals surface area contributed by atoms with E-state index in [1.807, 2.05) is 0 Å². The van der Waals surface area contributed by atoms with Crippen molar-refractivity contribution >= 4 is 45.0 Å². The number of hydrogen-bond acceptors (Lipinski definition) is 4. The van der Waals surface area contributed by atoms with E-state index in [1.54, 1.807) is 38.1 Å². The molecule has 2 rings (SSSR count). The molecule has 0 saturated heterocycles. The largest absolute Gasteiger partial charge is 0.332 e. The molecule has 0 heterocycles. The van der Waals surface area contributed by atoms with Gasteiger partial charge >= 0.3 is 0 Å². The number of anilines is 1. The van der Waals surface area contributed by atoms with Gasteiger partial charge in [-0.15, -0.1) is 0 Å². The average molecular weight is 422 g/mol. The summed E-state index contributed by atoms with van der Waals surface area (Å²) in [6.07, 6.45) is 2.80. The quantitative estimate of drug-likeness (QED) is 0.493. The van der Waals surface area contributed by atoms with Crippen molar-refractivity contribution in [2.24, 2.45) is 0 Å². The predicted octanol–water partition coefficient (Wildman–Crippen LogP) is 3.04. The standard InChI is InChI=1S/C19H20FN3O3S2/c1-13(2)23-28(25,26)17-10-8-16(9-11-17)21-19(27)22-18(24)12-5-14-3-6-15(20)7-4-14/h3-13,23H,1-2H3,(H2,21,22,24,27). The highest BCUT2D eigenvalue weighted by atomic mass is 32.2. The Kier molecular flexibility index (Phi) is 7.38. The van der Waals surface area contributed by atoms with Gasteiger partial charge in [-0.3, -0.25) is 10.1 Å². The maximum Gasteiger partial charge on any atom is 0.250 e. The molecule has 0 spiro atoms. The number of hydrogen-bond donors (Lipinski definition) is 3. The first-order valence-corrected chi connectivity index (χ1v) is 10.2. The van der Waals surface area contributed by atoms with Gasteiger partial charge in [-0.25, -0.2) is 17.5 Å². The Bertz CT molecular complexity index is 970. The Hall–Kier alpha value is -2.62. The van der Waals surface area contributed by atoms with Crippen LogP contribution in [-0.4, -0.2) is 25.5 Å². The zero-order valence-corrected chi connectivity index (χ0v) is 16.9. The fourth-order valence-corrected chi connectivity index (χ4v) is 3.63. The minimum absolute atomic E-state index is 0.0599. The van der Waals surface area contributed by atoms with Crippen molar-refractivity contribution in [2.45, 2.75) is 24.8 Å². The zero-order chi connectivity index (χ0) is 20.7. The Balaban J connectivity index is 1.92. The average Bonchev–Trinajstić information content (AvgIpc) is 2.60. The second-order valence-electron chi connectivity index (χ2n) is 6.13. The minimum atomic E-state index is -3.57. The van der Waals surface area contributed by atoms with Gasteiger partial charge in [0.15, 0.2) is 5.11 Å². The number of nitrogens with one attached hydrogen (secondary N) is 3. The molecule has 1 amide bonds. The van der Waals surface area contributed by atoms with Crippen LogP contribution in [0.1, 0.15) is 19.4 Å². The molecule has 148 valence electrons. The maximum atomic E-state index is 12.8. The number of carbonyl (C=O) groups excluding carboxylic acids is 1. The summed E-state index contributed by atoms with van der Waals surface area (Å²) >= 11 is 5.07. The van der Waals surface area contributed by atoms with Crippen LogP contribution in [0.4, 0.5) is 10.1 Å². The zero-order valence-electron chi connectivity index (χ0n) is 15.3. The number of amides is 1. The molecule has 3 N–H and O–H groups in total. The number of benzene rings is 2. The second-order valence-corrected chi connectivity index (χ2v) is 8.25. The Morgan fingerprint density at radius 1 is 1.07 bits per heavy atom. The van der Waals surface area contributed by atoms with E-state index in [1.165, 1.54) is 36.4 Å². The van der Waals surface area contributed by atoms with E-state index < -0.39 is 15.9 Å². The van der Waals surface area contributed by atoms with Crippen molar-refractivity contribution in [3.05, 3.63) is 66.0 Å². The molecule has 0 fully saturated rings. The van der Waals surface area contributed by atoms with Crippen molar-refractivity contribution in [3.63, 3.8) is 0 Å². The normalized spacial score (nSPS) is 11.6. The van der Waals surface area contributed by atoms with Crippen LogP contribution in [0, 0.1) is 5.82 Å². The fraction of sp³-hybridized carbons (Fsp3) is 0.158. The van der Waals surface area contributed by atoms with Gasteiger partial charge < -0.3 is 5.32 Å². The van der Waals surface area contributed by atoms with Gasteiger partial charge in [0.2, 0.25) is 15.9 Å². The highest BCUT2D eigenvalue weighted by Crippen LogP contribution is 2.14. The molecular weight excluding hydrogens is 401 g/mol. The number of thiocarbonyl (C=S) groups is 1. The number of rotatable bonds is 6. The van der Waals surface area contributed by atoms with Gasteiger partial charge in [-0.2, -0.15) is 0 Å². The molecule has 0 bridgehead atoms. The molecule has 2 aromatic carbocycles. The number of halogens is 1. The first kappa shape index (κ1) is 21.7. The van der Waals surface area contributed by atoms with Crippen molar-refractivity contribution in [1.29, 1.82) is 0 Å². The molecule has 2 aromatic rings. The topological polar surface area (TPSA) is 87.3 Å². The third-order valence-corrected chi connectivity index (χ3v) is 5.23. The summed E-state index contributed by atoms with van der Waals surface area (Å²) in [4.78, 5) is 12.0. The Morgan fingerprint density at radius 2 is 1.68 bits per heavy atom. The summed E-state index contributed by atoms with van der Waals surface area (Å²) in [5.41, 5.74) is 1.19. The third kappa shape index (κ3) is 6.84. The molecule has 0 aliphatic rings. The van der Waals surface area contributed by atoms with Crippen LogP contribution in [0.15, 0.2) is 59.5 Å². The van der Waals surface area contributed by atoms with E-state index in [9.17, 15) is 17.6 Å². The fourth-order valence-electron chi connectivity index (χ4n) is 2.16. The molecule has 9 heteroatoms. The molecule has 0 aliphatic carbocycles. The minimum Gasteiger partial charge on any atom is -0.332 e. The van der Waals surface area contributed by atoms with Gasteiger partial charge in [-0.05, 0) is 74.1 Å². The molecule has 0 atom stereocenters. The second kappa shape index (κ2) is 9.54. The maximum absolute atomic E-state index is 12.8. The van der Waals surface area contributed by atoms with Crippen LogP contribution < -0.4 is 15.4 Å². The van der Waals surface area contributed by atoms with Gasteiger partial charge in [-0.1, -0.05) is 12.1 Å². The highest BCUT2D eigenvalue weighted by molar-refractivity contribution is 7.89. The SMILES string of the molecule is CC(C)NS(=O)(=O)c1ccc(NC(=S)NC(=O)C=Cc2ccc(F)cc2)cc1. The van der Waals surface area contributed by atoms with Crippen LogP contribution in [0.3, 0.4) is 0 Å². The van der Waals surface area contributed by atoms with E-state index >= 15 is 0 Å². The van der Waals surface area contributed by atoms with Gasteiger partial charge in [0, 0.05) is 17.8 Å². The van der Waals surface area contributed by atoms with Crippen molar-refractivity contribution in [3.8, 4) is 0 Å². The molecular formula is C19H20FN3O3S2. The lowest BCUT2D eigenvalue weighted by molar-refractivity contribution is -0.115. The van der Waals surface area contributed by atoms with E-state index in [4.69, 9.17) is 12.2 Å². The van der Waals surface area contributed by atoms with E-state index in [2.05, 4.69) is 15.4 Å². The Labute approximate surface area is 168 Å². The molecule has 0 radical (unpaired) electrons. The molecule has 6 nitrogen and oxygen atoms in total. The summed E-state index contributed by atoms with van der Waals surface area (Å²) in [5, 5.41) is 5.33. The first-order valence-electron chi connectivity index (χ1n) is 8.34. The van der Waals surface area contributed by atoms with Crippen LogP contribution >= 0.6 is 12.2 Å². The highest BCUT2D eigenvalue weighted by Gasteiger charge is 2.15. The molecule has 0 aromatic heterocycles. The summed E-state index contributed by atoms with van der Waals surface area (Å²) in [6, 6.07) is 11.4. The third-order valence-electron chi connectivity index (χ3n) is 3.35. The van der Waals surface area contributed by atoms with Crippen molar-refractivity contribution in [2.75, 3.05) is 5.32 Å².